The van der Waals surface area contributed by atoms with Crippen LogP contribution >= 0.6 is 0 Å². The molecule has 2 N–H and O–H groups in total. The molecular weight excluding hydrogens is 212 g/mol. The third kappa shape index (κ3) is 3.21. The van der Waals surface area contributed by atoms with Gasteiger partial charge in [0, 0.05) is 31.3 Å². The Morgan fingerprint density at radius 2 is 1.82 bits per heavy atom. The summed E-state index contributed by atoms with van der Waals surface area (Å²) in [4.78, 5) is 2.55. The van der Waals surface area contributed by atoms with Crippen LogP contribution < -0.4 is 5.73 Å². The lowest BCUT2D eigenvalue weighted by molar-refractivity contribution is 0.00368. The lowest BCUT2D eigenvalue weighted by Crippen LogP contribution is -2.55. The summed E-state index contributed by atoms with van der Waals surface area (Å²) in [5, 5.41) is 0. The smallest absolute Gasteiger partial charge is 0.0480 e. The molecule has 1 aliphatic carbocycles. The third-order valence-electron chi connectivity index (χ3n) is 4.70. The van der Waals surface area contributed by atoms with Crippen LogP contribution in [0, 0.1) is 5.41 Å². The Labute approximate surface area is 106 Å². The van der Waals surface area contributed by atoms with Crippen LogP contribution in [0.2, 0.25) is 0 Å². The van der Waals surface area contributed by atoms with Crippen LogP contribution in [0.1, 0.15) is 46.0 Å². The van der Waals surface area contributed by atoms with Gasteiger partial charge in [0.15, 0.2) is 0 Å². The van der Waals surface area contributed by atoms with Gasteiger partial charge in [0.2, 0.25) is 0 Å². The summed E-state index contributed by atoms with van der Waals surface area (Å²) in [5.41, 5.74) is 6.79. The number of rotatable bonds is 2. The highest BCUT2D eigenvalue weighted by molar-refractivity contribution is 4.94. The Morgan fingerprint density at radius 1 is 1.18 bits per heavy atom. The van der Waals surface area contributed by atoms with Crippen molar-refractivity contribution in [1.82, 2.24) is 4.90 Å². The predicted molar refractivity (Wildman–Crippen MR) is 71.0 cm³/mol. The summed E-state index contributed by atoms with van der Waals surface area (Å²) in [6.45, 7) is 6.59. The van der Waals surface area contributed by atoms with Crippen LogP contribution in [-0.2, 0) is 4.74 Å². The monoisotopic (exact) mass is 240 g/mol. The molecule has 1 saturated carbocycles. The highest BCUT2D eigenvalue weighted by atomic mass is 16.5. The number of nitrogens with zero attached hydrogens (tertiary/aromatic N) is 1. The molecule has 3 heteroatoms. The lowest BCUT2D eigenvalue weighted by atomic mass is 9.72. The van der Waals surface area contributed by atoms with E-state index < -0.39 is 0 Å². The fraction of sp³-hybridized carbons (Fsp3) is 1.00. The number of nitrogens with two attached hydrogens (primary N) is 1. The highest BCUT2D eigenvalue weighted by Crippen LogP contribution is 2.37. The molecule has 2 fully saturated rings. The van der Waals surface area contributed by atoms with Crippen LogP contribution in [0.5, 0.6) is 0 Å². The van der Waals surface area contributed by atoms with Crippen LogP contribution in [-0.4, -0.2) is 43.3 Å². The maximum atomic E-state index is 6.33. The highest BCUT2D eigenvalue weighted by Gasteiger charge is 2.37. The molecule has 3 nitrogen and oxygen atoms in total. The van der Waals surface area contributed by atoms with Gasteiger partial charge in [-0.3, -0.25) is 4.90 Å². The molecule has 17 heavy (non-hydrogen) atoms. The summed E-state index contributed by atoms with van der Waals surface area (Å²) < 4.78 is 5.45. The standard InChI is InChI=1S/C14H28N2O/c1-14(2)7-4-12(15)13(10-14)16(3)11-5-8-17-9-6-11/h11-13H,4-10,15H2,1-3H3. The zero-order chi connectivity index (χ0) is 12.5. The summed E-state index contributed by atoms with van der Waals surface area (Å²) in [6.07, 6.45) is 6.01. The van der Waals surface area contributed by atoms with Crippen molar-refractivity contribution in [3.8, 4) is 0 Å². The first-order valence-corrected chi connectivity index (χ1v) is 7.05. The molecule has 2 unspecified atom stereocenters. The van der Waals surface area contributed by atoms with Crippen molar-refractivity contribution in [2.75, 3.05) is 20.3 Å². The largest absolute Gasteiger partial charge is 0.381 e. The van der Waals surface area contributed by atoms with E-state index in [0.29, 0.717) is 23.5 Å². The van der Waals surface area contributed by atoms with E-state index in [1.807, 2.05) is 0 Å². The first-order valence-electron chi connectivity index (χ1n) is 7.05. The summed E-state index contributed by atoms with van der Waals surface area (Å²) in [7, 11) is 2.27. The molecule has 2 aliphatic rings. The minimum atomic E-state index is 0.357. The van der Waals surface area contributed by atoms with Crippen molar-refractivity contribution in [2.45, 2.75) is 64.1 Å². The van der Waals surface area contributed by atoms with E-state index in [9.17, 15) is 0 Å². The van der Waals surface area contributed by atoms with Gasteiger partial charge in [0.1, 0.15) is 0 Å². The molecule has 1 saturated heterocycles. The maximum absolute atomic E-state index is 6.33. The molecular formula is C14H28N2O. The summed E-state index contributed by atoms with van der Waals surface area (Å²) in [5.74, 6) is 0. The molecule has 0 aromatic heterocycles. The van der Waals surface area contributed by atoms with E-state index >= 15 is 0 Å². The summed E-state index contributed by atoms with van der Waals surface area (Å²) >= 11 is 0. The zero-order valence-corrected chi connectivity index (χ0v) is 11.6. The van der Waals surface area contributed by atoms with Crippen LogP contribution in [0.3, 0.4) is 0 Å². The fourth-order valence-electron chi connectivity index (χ4n) is 3.38. The average molecular weight is 240 g/mol. The number of hydrogen-bond acceptors (Lipinski definition) is 3. The molecule has 2 atom stereocenters. The Hall–Kier alpha value is -0.120. The minimum absolute atomic E-state index is 0.357. The molecule has 2 rings (SSSR count). The Balaban J connectivity index is 1.98. The van der Waals surface area contributed by atoms with Gasteiger partial charge in [-0.15, -0.1) is 0 Å². The van der Waals surface area contributed by atoms with Crippen LogP contribution in [0.4, 0.5) is 0 Å². The van der Waals surface area contributed by atoms with Gasteiger partial charge in [-0.25, -0.2) is 0 Å². The van der Waals surface area contributed by atoms with Crippen molar-refractivity contribution in [1.29, 1.82) is 0 Å². The van der Waals surface area contributed by atoms with Crippen molar-refractivity contribution < 1.29 is 4.74 Å². The molecule has 0 spiro atoms. The van der Waals surface area contributed by atoms with Crippen molar-refractivity contribution in [2.24, 2.45) is 11.1 Å². The van der Waals surface area contributed by atoms with E-state index in [-0.39, 0.29) is 0 Å². The molecule has 0 aromatic rings. The van der Waals surface area contributed by atoms with Crippen molar-refractivity contribution in [3.05, 3.63) is 0 Å². The third-order valence-corrected chi connectivity index (χ3v) is 4.70. The maximum Gasteiger partial charge on any atom is 0.0480 e. The first kappa shape index (κ1) is 13.3. The number of ether oxygens (including phenoxy) is 1. The second kappa shape index (κ2) is 5.25. The lowest BCUT2D eigenvalue weighted by Gasteiger charge is -2.46. The van der Waals surface area contributed by atoms with E-state index in [1.165, 1.54) is 32.1 Å². The Kier molecular flexibility index (Phi) is 4.11. The number of hydrogen-bond donors (Lipinski definition) is 1. The van der Waals surface area contributed by atoms with Crippen LogP contribution in [0.15, 0.2) is 0 Å². The molecule has 0 aromatic carbocycles. The SMILES string of the molecule is CN(C1CCOCC1)C1CC(C)(C)CCC1N. The predicted octanol–water partition coefficient (Wildman–Crippen LogP) is 2.00. The Bertz CT molecular complexity index is 249. The second-order valence-corrected chi connectivity index (χ2v) is 6.65. The van der Waals surface area contributed by atoms with E-state index in [0.717, 1.165) is 13.2 Å². The quantitative estimate of drug-likeness (QED) is 0.802. The second-order valence-electron chi connectivity index (χ2n) is 6.65. The van der Waals surface area contributed by atoms with Gasteiger partial charge in [0.25, 0.3) is 0 Å². The van der Waals surface area contributed by atoms with Gasteiger partial charge >= 0.3 is 0 Å². The first-order chi connectivity index (χ1) is 7.99. The number of likely N-dealkylation sites (N-methyl/N-ethyl adjacent to an activating group) is 1. The van der Waals surface area contributed by atoms with Gasteiger partial charge < -0.3 is 10.5 Å². The van der Waals surface area contributed by atoms with E-state index in [2.05, 4.69) is 25.8 Å². The average Bonchev–Trinajstić information content (AvgIpc) is 2.33. The molecule has 1 heterocycles. The van der Waals surface area contributed by atoms with Gasteiger partial charge in [-0.1, -0.05) is 13.8 Å². The fourth-order valence-corrected chi connectivity index (χ4v) is 3.38. The minimum Gasteiger partial charge on any atom is -0.381 e. The molecule has 1 aliphatic heterocycles. The Morgan fingerprint density at radius 3 is 2.47 bits per heavy atom. The molecule has 100 valence electrons. The zero-order valence-electron chi connectivity index (χ0n) is 11.6. The molecule has 0 bridgehead atoms. The summed E-state index contributed by atoms with van der Waals surface area (Å²) in [6, 6.07) is 1.59. The van der Waals surface area contributed by atoms with Crippen molar-refractivity contribution in [3.63, 3.8) is 0 Å². The van der Waals surface area contributed by atoms with Gasteiger partial charge in [0.05, 0.1) is 0 Å². The van der Waals surface area contributed by atoms with Crippen molar-refractivity contribution >= 4 is 0 Å². The van der Waals surface area contributed by atoms with E-state index in [4.69, 9.17) is 10.5 Å². The topological polar surface area (TPSA) is 38.5 Å². The molecule has 0 amide bonds. The molecule has 0 radical (unpaired) electrons. The van der Waals surface area contributed by atoms with Crippen LogP contribution in [0.25, 0.3) is 0 Å². The normalized spacial score (nSPS) is 35.1. The van der Waals surface area contributed by atoms with Gasteiger partial charge in [-0.05, 0) is 44.6 Å². The van der Waals surface area contributed by atoms with Gasteiger partial charge in [-0.2, -0.15) is 0 Å². The van der Waals surface area contributed by atoms with E-state index in [1.54, 1.807) is 0 Å².